The SMILES string of the molecule is O=CC[C@H](C1=CCC=C1)c1ccc2c(c1)OCO2. The molecule has 0 amide bonds. The van der Waals surface area contributed by atoms with E-state index in [-0.39, 0.29) is 12.7 Å². The minimum Gasteiger partial charge on any atom is -0.454 e. The van der Waals surface area contributed by atoms with E-state index in [9.17, 15) is 4.79 Å². The van der Waals surface area contributed by atoms with E-state index in [1.807, 2.05) is 18.2 Å². The maximum Gasteiger partial charge on any atom is 0.231 e. The van der Waals surface area contributed by atoms with Crippen LogP contribution in [0.15, 0.2) is 42.0 Å². The van der Waals surface area contributed by atoms with Gasteiger partial charge in [0.05, 0.1) is 0 Å². The molecule has 1 aliphatic carbocycles. The predicted octanol–water partition coefficient (Wildman–Crippen LogP) is 2.97. The van der Waals surface area contributed by atoms with E-state index in [2.05, 4.69) is 18.2 Å². The summed E-state index contributed by atoms with van der Waals surface area (Å²) in [6.45, 7) is 0.278. The average molecular weight is 242 g/mol. The normalized spacial score (nSPS) is 17.7. The number of ether oxygens (including phenoxy) is 2. The van der Waals surface area contributed by atoms with Crippen LogP contribution >= 0.6 is 0 Å². The molecule has 0 unspecified atom stereocenters. The lowest BCUT2D eigenvalue weighted by Crippen LogP contribution is -2.01. The summed E-state index contributed by atoms with van der Waals surface area (Å²) in [7, 11) is 0. The van der Waals surface area contributed by atoms with Gasteiger partial charge in [0.2, 0.25) is 6.79 Å². The number of fused-ring (bicyclic) bond motifs is 1. The molecule has 1 aromatic rings. The Kier molecular flexibility index (Phi) is 2.89. The summed E-state index contributed by atoms with van der Waals surface area (Å²) in [5.41, 5.74) is 2.31. The third-order valence-electron chi connectivity index (χ3n) is 3.33. The van der Waals surface area contributed by atoms with Gasteiger partial charge in [-0.05, 0) is 29.7 Å². The van der Waals surface area contributed by atoms with Crippen LogP contribution in [0.4, 0.5) is 0 Å². The molecular weight excluding hydrogens is 228 g/mol. The minimum absolute atomic E-state index is 0.121. The molecule has 1 aromatic carbocycles. The van der Waals surface area contributed by atoms with Crippen molar-refractivity contribution in [3.8, 4) is 11.5 Å². The Hall–Kier alpha value is -2.03. The van der Waals surface area contributed by atoms with Gasteiger partial charge in [-0.1, -0.05) is 24.3 Å². The van der Waals surface area contributed by atoms with Crippen molar-refractivity contribution in [3.63, 3.8) is 0 Å². The van der Waals surface area contributed by atoms with Crippen molar-refractivity contribution < 1.29 is 14.3 Å². The molecule has 0 saturated heterocycles. The van der Waals surface area contributed by atoms with Crippen LogP contribution in [0.25, 0.3) is 0 Å². The highest BCUT2D eigenvalue weighted by molar-refractivity contribution is 5.57. The number of benzene rings is 1. The largest absolute Gasteiger partial charge is 0.454 e. The van der Waals surface area contributed by atoms with Crippen LogP contribution in [-0.2, 0) is 4.79 Å². The fraction of sp³-hybridized carbons (Fsp3) is 0.267. The molecule has 3 rings (SSSR count). The lowest BCUT2D eigenvalue weighted by Gasteiger charge is -2.15. The second-order valence-corrected chi connectivity index (χ2v) is 4.41. The summed E-state index contributed by atoms with van der Waals surface area (Å²) in [5, 5.41) is 0. The van der Waals surface area contributed by atoms with Gasteiger partial charge in [-0.25, -0.2) is 0 Å². The van der Waals surface area contributed by atoms with E-state index < -0.39 is 0 Å². The van der Waals surface area contributed by atoms with Crippen LogP contribution in [-0.4, -0.2) is 13.1 Å². The Morgan fingerprint density at radius 1 is 1.28 bits per heavy atom. The van der Waals surface area contributed by atoms with E-state index >= 15 is 0 Å². The second kappa shape index (κ2) is 4.69. The van der Waals surface area contributed by atoms with Crippen LogP contribution in [0.2, 0.25) is 0 Å². The minimum atomic E-state index is 0.121. The predicted molar refractivity (Wildman–Crippen MR) is 67.8 cm³/mol. The molecule has 1 heterocycles. The van der Waals surface area contributed by atoms with Crippen molar-refractivity contribution in [3.05, 3.63) is 47.6 Å². The van der Waals surface area contributed by atoms with Crippen LogP contribution in [0, 0.1) is 0 Å². The highest BCUT2D eigenvalue weighted by atomic mass is 16.7. The summed E-state index contributed by atoms with van der Waals surface area (Å²) in [6.07, 6.45) is 8.80. The van der Waals surface area contributed by atoms with Crippen molar-refractivity contribution in [2.45, 2.75) is 18.8 Å². The quantitative estimate of drug-likeness (QED) is 0.761. The lowest BCUT2D eigenvalue weighted by atomic mass is 9.89. The Balaban J connectivity index is 1.94. The Bertz CT molecular complexity index is 529. The fourth-order valence-electron chi connectivity index (χ4n) is 2.43. The highest BCUT2D eigenvalue weighted by Crippen LogP contribution is 2.38. The first-order valence-electron chi connectivity index (χ1n) is 6.08. The zero-order valence-electron chi connectivity index (χ0n) is 9.96. The van der Waals surface area contributed by atoms with Gasteiger partial charge in [-0.15, -0.1) is 0 Å². The van der Waals surface area contributed by atoms with Gasteiger partial charge >= 0.3 is 0 Å². The maximum absolute atomic E-state index is 10.9. The highest BCUT2D eigenvalue weighted by Gasteiger charge is 2.20. The van der Waals surface area contributed by atoms with Crippen LogP contribution in [0.5, 0.6) is 11.5 Å². The van der Waals surface area contributed by atoms with E-state index in [1.54, 1.807) is 0 Å². The Labute approximate surface area is 106 Å². The molecule has 0 N–H and O–H groups in total. The van der Waals surface area contributed by atoms with Crippen molar-refractivity contribution in [2.24, 2.45) is 0 Å². The summed E-state index contributed by atoms with van der Waals surface area (Å²) < 4.78 is 10.7. The van der Waals surface area contributed by atoms with Crippen LogP contribution < -0.4 is 9.47 Å². The molecule has 0 bridgehead atoms. The van der Waals surface area contributed by atoms with Crippen molar-refractivity contribution in [1.82, 2.24) is 0 Å². The number of hydrogen-bond acceptors (Lipinski definition) is 3. The standard InChI is InChI=1S/C15H14O3/c16-8-7-13(11-3-1-2-4-11)12-5-6-14-15(9-12)18-10-17-14/h1,3-6,8-9,13H,2,7,10H2/t13-/m1/s1. The second-order valence-electron chi connectivity index (χ2n) is 4.41. The molecular formula is C15H14O3. The molecule has 0 spiro atoms. The smallest absolute Gasteiger partial charge is 0.231 e. The van der Waals surface area contributed by atoms with Gasteiger partial charge < -0.3 is 14.3 Å². The summed E-state index contributed by atoms with van der Waals surface area (Å²) >= 11 is 0. The number of allylic oxidation sites excluding steroid dienone is 4. The summed E-state index contributed by atoms with van der Waals surface area (Å²) in [4.78, 5) is 10.9. The number of carbonyl (C=O) groups is 1. The number of hydrogen-bond donors (Lipinski definition) is 0. The Morgan fingerprint density at radius 3 is 2.94 bits per heavy atom. The molecule has 1 atom stereocenters. The molecule has 92 valence electrons. The number of rotatable bonds is 4. The molecule has 0 aromatic heterocycles. The van der Waals surface area contributed by atoms with Gasteiger partial charge in [0.15, 0.2) is 11.5 Å². The lowest BCUT2D eigenvalue weighted by molar-refractivity contribution is -0.108. The van der Waals surface area contributed by atoms with Gasteiger partial charge in [-0.2, -0.15) is 0 Å². The summed E-state index contributed by atoms with van der Waals surface area (Å²) in [5.74, 6) is 1.67. The molecule has 3 heteroatoms. The van der Waals surface area contributed by atoms with E-state index in [1.165, 1.54) is 5.57 Å². The third-order valence-corrected chi connectivity index (χ3v) is 3.33. The molecule has 1 aliphatic heterocycles. The van der Waals surface area contributed by atoms with Crippen molar-refractivity contribution in [1.29, 1.82) is 0 Å². The molecule has 0 fully saturated rings. The van der Waals surface area contributed by atoms with Crippen LogP contribution in [0.1, 0.15) is 24.3 Å². The van der Waals surface area contributed by atoms with Gasteiger partial charge in [0, 0.05) is 12.3 Å². The maximum atomic E-state index is 10.9. The summed E-state index contributed by atoms with van der Waals surface area (Å²) in [6, 6.07) is 5.90. The molecule has 0 saturated carbocycles. The monoisotopic (exact) mass is 242 g/mol. The molecule has 0 radical (unpaired) electrons. The first kappa shape index (κ1) is 11.1. The first-order chi connectivity index (χ1) is 8.88. The van der Waals surface area contributed by atoms with E-state index in [0.717, 1.165) is 29.8 Å². The molecule has 18 heavy (non-hydrogen) atoms. The van der Waals surface area contributed by atoms with Gasteiger partial charge in [-0.3, -0.25) is 0 Å². The van der Waals surface area contributed by atoms with Crippen molar-refractivity contribution in [2.75, 3.05) is 6.79 Å². The number of carbonyl (C=O) groups excluding carboxylic acids is 1. The molecule has 2 aliphatic rings. The van der Waals surface area contributed by atoms with Crippen molar-refractivity contribution >= 4 is 6.29 Å². The Morgan fingerprint density at radius 2 is 2.17 bits per heavy atom. The zero-order chi connectivity index (χ0) is 12.4. The van der Waals surface area contributed by atoms with Crippen LogP contribution in [0.3, 0.4) is 0 Å². The zero-order valence-corrected chi connectivity index (χ0v) is 9.96. The van der Waals surface area contributed by atoms with Gasteiger partial charge in [0.25, 0.3) is 0 Å². The van der Waals surface area contributed by atoms with Gasteiger partial charge in [0.1, 0.15) is 6.29 Å². The topological polar surface area (TPSA) is 35.5 Å². The van der Waals surface area contributed by atoms with E-state index in [0.29, 0.717) is 6.42 Å². The third kappa shape index (κ3) is 1.92. The van der Waals surface area contributed by atoms with E-state index in [4.69, 9.17) is 9.47 Å². The fourth-order valence-corrected chi connectivity index (χ4v) is 2.43. The number of aldehydes is 1. The molecule has 3 nitrogen and oxygen atoms in total. The average Bonchev–Trinajstić information content (AvgIpc) is 3.05. The first-order valence-corrected chi connectivity index (χ1v) is 6.08.